The minimum Gasteiger partial charge on any atom is -0.392 e. The van der Waals surface area contributed by atoms with Gasteiger partial charge in [0, 0.05) is 11.4 Å². The highest BCUT2D eigenvalue weighted by molar-refractivity contribution is 7.80. The molecule has 1 aromatic rings. The van der Waals surface area contributed by atoms with Crippen LogP contribution >= 0.6 is 23.6 Å². The van der Waals surface area contributed by atoms with Crippen molar-refractivity contribution < 1.29 is 4.79 Å². The van der Waals surface area contributed by atoms with Crippen LogP contribution in [-0.2, 0) is 11.3 Å². The Kier molecular flexibility index (Phi) is 3.49. The Balaban J connectivity index is 2.09. The number of rotatable bonds is 5. The smallest absolute Gasteiger partial charge is 0.235 e. The Hall–Kier alpha value is -0.940. The summed E-state index contributed by atoms with van der Waals surface area (Å²) in [6, 6.07) is 4.04. The monoisotopic (exact) mass is 268 g/mol. The molecule has 1 heterocycles. The average Bonchev–Trinajstić information content (AvgIpc) is 2.98. The molecule has 0 spiro atoms. The Morgan fingerprint density at radius 1 is 1.65 bits per heavy atom. The van der Waals surface area contributed by atoms with E-state index in [0.29, 0.717) is 18.1 Å². The van der Waals surface area contributed by atoms with Crippen LogP contribution in [0.2, 0.25) is 0 Å². The van der Waals surface area contributed by atoms with Crippen molar-refractivity contribution >= 4 is 34.5 Å². The molecule has 2 N–H and O–H groups in total. The molecule has 0 atom stereocenters. The Morgan fingerprint density at radius 3 is 2.76 bits per heavy atom. The molecule has 0 radical (unpaired) electrons. The number of nitrogens with zero attached hydrogens (tertiary/aromatic N) is 1. The fraction of sp³-hybridized carbons (Fsp3) is 0.500. The van der Waals surface area contributed by atoms with Crippen molar-refractivity contribution in [2.24, 2.45) is 11.1 Å². The van der Waals surface area contributed by atoms with Gasteiger partial charge in [-0.2, -0.15) is 0 Å². The van der Waals surface area contributed by atoms with Gasteiger partial charge >= 0.3 is 0 Å². The first-order valence-corrected chi connectivity index (χ1v) is 7.00. The lowest BCUT2D eigenvalue weighted by molar-refractivity contribution is -0.134. The van der Waals surface area contributed by atoms with Crippen LogP contribution in [0.15, 0.2) is 17.5 Å². The summed E-state index contributed by atoms with van der Waals surface area (Å²) in [4.78, 5) is 15.8. The highest BCUT2D eigenvalue weighted by Gasteiger charge is 2.54. The van der Waals surface area contributed by atoms with Crippen LogP contribution in [0.4, 0.5) is 0 Å². The van der Waals surface area contributed by atoms with E-state index in [1.54, 1.807) is 11.3 Å². The number of thiocarbonyl (C=S) groups is 1. The van der Waals surface area contributed by atoms with Gasteiger partial charge < -0.3 is 10.6 Å². The minimum atomic E-state index is -0.525. The van der Waals surface area contributed by atoms with Crippen LogP contribution in [0.1, 0.15) is 24.6 Å². The maximum absolute atomic E-state index is 12.4. The molecule has 1 aliphatic rings. The predicted molar refractivity (Wildman–Crippen MR) is 73.9 cm³/mol. The maximum Gasteiger partial charge on any atom is 0.235 e. The van der Waals surface area contributed by atoms with Gasteiger partial charge in [0.15, 0.2) is 0 Å². The number of carbonyl (C=O) groups is 1. The molecule has 0 bridgehead atoms. The summed E-state index contributed by atoms with van der Waals surface area (Å²) in [6.07, 6.45) is 1.62. The number of thiophene rings is 1. The first kappa shape index (κ1) is 12.5. The lowest BCUT2D eigenvalue weighted by Gasteiger charge is -2.25. The molecule has 0 aliphatic heterocycles. The van der Waals surface area contributed by atoms with Gasteiger partial charge in [-0.25, -0.2) is 0 Å². The van der Waals surface area contributed by atoms with E-state index in [1.165, 1.54) is 4.88 Å². The van der Waals surface area contributed by atoms with Gasteiger partial charge in [-0.15, -0.1) is 11.3 Å². The highest BCUT2D eigenvalue weighted by Crippen LogP contribution is 2.47. The molecular formula is C12H16N2OS2. The van der Waals surface area contributed by atoms with E-state index in [4.69, 9.17) is 18.0 Å². The Labute approximate surface area is 111 Å². The predicted octanol–water partition coefficient (Wildman–Crippen LogP) is 2.16. The Bertz CT molecular complexity index is 424. The van der Waals surface area contributed by atoms with E-state index in [2.05, 4.69) is 0 Å². The van der Waals surface area contributed by atoms with Crippen molar-refractivity contribution in [1.82, 2.24) is 4.90 Å². The summed E-state index contributed by atoms with van der Waals surface area (Å²) in [5.41, 5.74) is 5.16. The zero-order valence-corrected chi connectivity index (χ0v) is 11.4. The molecule has 1 aliphatic carbocycles. The number of hydrogen-bond acceptors (Lipinski definition) is 3. The van der Waals surface area contributed by atoms with Gasteiger partial charge in [0.25, 0.3) is 0 Å². The lowest BCUT2D eigenvalue weighted by atomic mass is 10.1. The van der Waals surface area contributed by atoms with E-state index >= 15 is 0 Å². The second kappa shape index (κ2) is 4.74. The molecule has 0 unspecified atom stereocenters. The molecule has 1 aromatic heterocycles. The zero-order valence-electron chi connectivity index (χ0n) is 9.81. The topological polar surface area (TPSA) is 46.3 Å². The van der Waals surface area contributed by atoms with Crippen LogP contribution in [0, 0.1) is 5.41 Å². The van der Waals surface area contributed by atoms with Crippen molar-refractivity contribution in [1.29, 1.82) is 0 Å². The summed E-state index contributed by atoms with van der Waals surface area (Å²) < 4.78 is 0. The normalized spacial score (nSPS) is 16.5. The van der Waals surface area contributed by atoms with Crippen LogP contribution in [0.3, 0.4) is 0 Å². The average molecular weight is 268 g/mol. The van der Waals surface area contributed by atoms with E-state index in [-0.39, 0.29) is 5.91 Å². The molecule has 1 amide bonds. The van der Waals surface area contributed by atoms with Crippen molar-refractivity contribution in [3.05, 3.63) is 22.4 Å². The fourth-order valence-electron chi connectivity index (χ4n) is 1.91. The summed E-state index contributed by atoms with van der Waals surface area (Å²) >= 11 is 6.68. The van der Waals surface area contributed by atoms with Crippen LogP contribution in [-0.4, -0.2) is 22.3 Å². The third-order valence-corrected chi connectivity index (χ3v) is 4.48. The third-order valence-electron chi connectivity index (χ3n) is 3.23. The largest absolute Gasteiger partial charge is 0.392 e. The molecule has 1 fully saturated rings. The number of nitrogens with two attached hydrogens (primary N) is 1. The molecule has 3 nitrogen and oxygen atoms in total. The number of hydrogen-bond donors (Lipinski definition) is 1. The van der Waals surface area contributed by atoms with E-state index in [9.17, 15) is 4.79 Å². The lowest BCUT2D eigenvalue weighted by Crippen LogP contribution is -2.42. The van der Waals surface area contributed by atoms with Gasteiger partial charge in [-0.05, 0) is 31.2 Å². The molecular weight excluding hydrogens is 252 g/mol. The van der Waals surface area contributed by atoms with E-state index in [1.807, 2.05) is 29.3 Å². The molecule has 92 valence electrons. The van der Waals surface area contributed by atoms with Gasteiger partial charge in [0.05, 0.1) is 16.9 Å². The van der Waals surface area contributed by atoms with E-state index in [0.717, 1.165) is 12.8 Å². The van der Waals surface area contributed by atoms with Crippen molar-refractivity contribution in [3.63, 3.8) is 0 Å². The van der Waals surface area contributed by atoms with Gasteiger partial charge in [0.2, 0.25) is 5.91 Å². The van der Waals surface area contributed by atoms with Gasteiger partial charge in [-0.1, -0.05) is 18.3 Å². The molecule has 1 saturated carbocycles. The third kappa shape index (κ3) is 2.35. The first-order chi connectivity index (χ1) is 8.10. The number of amides is 1. The second-order valence-corrected chi connectivity index (χ2v) is 5.82. The number of carbonyl (C=O) groups excluding carboxylic acids is 1. The van der Waals surface area contributed by atoms with Gasteiger partial charge in [0.1, 0.15) is 0 Å². The van der Waals surface area contributed by atoms with Crippen LogP contribution < -0.4 is 5.73 Å². The first-order valence-electron chi connectivity index (χ1n) is 5.72. The highest BCUT2D eigenvalue weighted by atomic mass is 32.1. The van der Waals surface area contributed by atoms with Crippen molar-refractivity contribution in [2.75, 3.05) is 6.54 Å². The molecule has 17 heavy (non-hydrogen) atoms. The molecule has 0 aromatic carbocycles. The molecule has 5 heteroatoms. The maximum atomic E-state index is 12.4. The summed E-state index contributed by atoms with van der Waals surface area (Å²) in [7, 11) is 0. The van der Waals surface area contributed by atoms with Crippen LogP contribution in [0.5, 0.6) is 0 Å². The molecule has 2 rings (SSSR count). The summed E-state index contributed by atoms with van der Waals surface area (Å²) in [6.45, 7) is 3.35. The summed E-state index contributed by atoms with van der Waals surface area (Å²) in [5, 5.41) is 2.02. The Morgan fingerprint density at radius 2 is 2.35 bits per heavy atom. The van der Waals surface area contributed by atoms with Crippen molar-refractivity contribution in [3.8, 4) is 0 Å². The van der Waals surface area contributed by atoms with Crippen LogP contribution in [0.25, 0.3) is 0 Å². The van der Waals surface area contributed by atoms with E-state index < -0.39 is 5.41 Å². The summed E-state index contributed by atoms with van der Waals surface area (Å²) in [5.74, 6) is 0.0981. The quantitative estimate of drug-likeness (QED) is 0.832. The van der Waals surface area contributed by atoms with Gasteiger partial charge in [-0.3, -0.25) is 4.79 Å². The standard InChI is InChI=1S/C12H16N2OS2/c1-2-14(8-9-4-3-7-17-9)11(15)12(5-6-12)10(13)16/h3-4,7H,2,5-6,8H2,1H3,(H2,13,16). The second-order valence-electron chi connectivity index (χ2n) is 4.35. The molecule has 0 saturated heterocycles. The van der Waals surface area contributed by atoms with Crippen molar-refractivity contribution in [2.45, 2.75) is 26.3 Å². The SMILES string of the molecule is CCN(Cc1cccs1)C(=O)C1(C(N)=S)CC1. The fourth-order valence-corrected chi connectivity index (χ4v) is 2.92. The zero-order chi connectivity index (χ0) is 12.5. The minimum absolute atomic E-state index is 0.0981.